The molecule has 0 fully saturated rings. The molecule has 0 aliphatic heterocycles. The highest BCUT2D eigenvalue weighted by atomic mass is 19.1. The van der Waals surface area contributed by atoms with Gasteiger partial charge in [-0.05, 0) is 19.2 Å². The average Bonchev–Trinajstić information content (AvgIpc) is 2.27. The number of carbonyl (C=O) groups is 1. The summed E-state index contributed by atoms with van der Waals surface area (Å²) in [5.74, 6) is 0.407. The van der Waals surface area contributed by atoms with E-state index in [0.29, 0.717) is 11.4 Å². The highest BCUT2D eigenvalue weighted by Crippen LogP contribution is 2.17. The van der Waals surface area contributed by atoms with Crippen molar-refractivity contribution in [3.05, 3.63) is 24.3 Å². The maximum Gasteiger partial charge on any atom is 0.238 e. The zero-order valence-electron chi connectivity index (χ0n) is 9.13. The summed E-state index contributed by atoms with van der Waals surface area (Å²) in [7, 11) is 1.69. The Balaban J connectivity index is 2.56. The van der Waals surface area contributed by atoms with Crippen molar-refractivity contribution in [1.29, 1.82) is 0 Å². The first kappa shape index (κ1) is 12.4. The van der Waals surface area contributed by atoms with Gasteiger partial charge in [-0.3, -0.25) is 4.79 Å². The van der Waals surface area contributed by atoms with Crippen molar-refractivity contribution in [3.63, 3.8) is 0 Å². The van der Waals surface area contributed by atoms with Crippen LogP contribution in [-0.4, -0.2) is 32.8 Å². The summed E-state index contributed by atoms with van der Waals surface area (Å²) >= 11 is 0. The van der Waals surface area contributed by atoms with Gasteiger partial charge in [-0.15, -0.1) is 0 Å². The SMILES string of the molecule is CNCC(=O)Nc1cccc(OCCF)c1. The van der Waals surface area contributed by atoms with Crippen molar-refractivity contribution in [3.8, 4) is 5.75 Å². The van der Waals surface area contributed by atoms with Crippen LogP contribution in [0.5, 0.6) is 5.75 Å². The number of hydrogen-bond donors (Lipinski definition) is 2. The lowest BCUT2D eigenvalue weighted by atomic mass is 10.3. The number of amides is 1. The van der Waals surface area contributed by atoms with Crippen molar-refractivity contribution >= 4 is 11.6 Å². The van der Waals surface area contributed by atoms with E-state index in [1.54, 1.807) is 31.3 Å². The lowest BCUT2D eigenvalue weighted by Gasteiger charge is -2.07. The lowest BCUT2D eigenvalue weighted by Crippen LogP contribution is -2.25. The minimum Gasteiger partial charge on any atom is -0.491 e. The molecule has 5 heteroatoms. The lowest BCUT2D eigenvalue weighted by molar-refractivity contribution is -0.115. The summed E-state index contributed by atoms with van der Waals surface area (Å²) in [4.78, 5) is 11.3. The van der Waals surface area contributed by atoms with Crippen LogP contribution in [0.3, 0.4) is 0 Å². The third-order valence-electron chi connectivity index (χ3n) is 1.80. The molecule has 0 aliphatic rings. The highest BCUT2D eigenvalue weighted by Gasteiger charge is 2.01. The molecule has 1 rings (SSSR count). The van der Waals surface area contributed by atoms with Crippen molar-refractivity contribution in [2.24, 2.45) is 0 Å². The second-order valence-electron chi connectivity index (χ2n) is 3.14. The van der Waals surface area contributed by atoms with Gasteiger partial charge < -0.3 is 15.4 Å². The molecule has 0 spiro atoms. The van der Waals surface area contributed by atoms with E-state index in [9.17, 15) is 9.18 Å². The fraction of sp³-hybridized carbons (Fsp3) is 0.364. The van der Waals surface area contributed by atoms with E-state index < -0.39 is 6.67 Å². The minimum atomic E-state index is -0.531. The Bertz CT molecular complexity index is 345. The molecule has 1 amide bonds. The van der Waals surface area contributed by atoms with Crippen molar-refractivity contribution in [2.45, 2.75) is 0 Å². The van der Waals surface area contributed by atoms with Crippen LogP contribution in [0.4, 0.5) is 10.1 Å². The Hall–Kier alpha value is -1.62. The third kappa shape index (κ3) is 4.27. The topological polar surface area (TPSA) is 50.4 Å². The highest BCUT2D eigenvalue weighted by molar-refractivity contribution is 5.92. The van der Waals surface area contributed by atoms with Crippen molar-refractivity contribution in [2.75, 3.05) is 32.2 Å². The van der Waals surface area contributed by atoms with Gasteiger partial charge in [0, 0.05) is 11.8 Å². The van der Waals surface area contributed by atoms with Gasteiger partial charge in [0.05, 0.1) is 6.54 Å². The zero-order chi connectivity index (χ0) is 11.8. The predicted molar refractivity (Wildman–Crippen MR) is 60.5 cm³/mol. The Labute approximate surface area is 93.8 Å². The van der Waals surface area contributed by atoms with E-state index in [0.717, 1.165) is 0 Å². The summed E-state index contributed by atoms with van der Waals surface area (Å²) in [6.45, 7) is -0.264. The smallest absolute Gasteiger partial charge is 0.238 e. The molecule has 4 nitrogen and oxygen atoms in total. The Morgan fingerprint density at radius 1 is 1.50 bits per heavy atom. The fourth-order valence-electron chi connectivity index (χ4n) is 1.19. The molecule has 0 radical (unpaired) electrons. The van der Waals surface area contributed by atoms with Gasteiger partial charge in [0.2, 0.25) is 5.91 Å². The average molecular weight is 226 g/mol. The quantitative estimate of drug-likeness (QED) is 0.766. The largest absolute Gasteiger partial charge is 0.491 e. The Morgan fingerprint density at radius 2 is 2.31 bits per heavy atom. The van der Waals surface area contributed by atoms with Gasteiger partial charge in [0.1, 0.15) is 19.0 Å². The molecule has 0 aliphatic carbocycles. The first-order valence-electron chi connectivity index (χ1n) is 4.99. The zero-order valence-corrected chi connectivity index (χ0v) is 9.13. The second kappa shape index (κ2) is 6.79. The number of ether oxygens (including phenoxy) is 1. The molecule has 1 aromatic carbocycles. The van der Waals surface area contributed by atoms with Gasteiger partial charge in [0.15, 0.2) is 0 Å². The first-order chi connectivity index (χ1) is 7.76. The second-order valence-corrected chi connectivity index (χ2v) is 3.14. The van der Waals surface area contributed by atoms with Crippen LogP contribution in [0.25, 0.3) is 0 Å². The molecule has 16 heavy (non-hydrogen) atoms. The predicted octanol–water partition coefficient (Wildman–Crippen LogP) is 1.19. The summed E-state index contributed by atoms with van der Waals surface area (Å²) in [6.07, 6.45) is 0. The number of hydrogen-bond acceptors (Lipinski definition) is 3. The number of alkyl halides is 1. The number of likely N-dealkylation sites (N-methyl/N-ethyl adjacent to an activating group) is 1. The van der Waals surface area contributed by atoms with Crippen molar-refractivity contribution in [1.82, 2.24) is 5.32 Å². The standard InChI is InChI=1S/C11H15FN2O2/c1-13-8-11(15)14-9-3-2-4-10(7-9)16-6-5-12/h2-4,7,13H,5-6,8H2,1H3,(H,14,15). The monoisotopic (exact) mass is 226 g/mol. The summed E-state index contributed by atoms with van der Waals surface area (Å²) in [6, 6.07) is 6.85. The van der Waals surface area contributed by atoms with Crippen molar-refractivity contribution < 1.29 is 13.9 Å². The maximum absolute atomic E-state index is 11.9. The first-order valence-corrected chi connectivity index (χ1v) is 4.99. The van der Waals surface area contributed by atoms with Gasteiger partial charge in [-0.25, -0.2) is 4.39 Å². The van der Waals surface area contributed by atoms with Crippen LogP contribution in [0, 0.1) is 0 Å². The van der Waals surface area contributed by atoms with Gasteiger partial charge >= 0.3 is 0 Å². The summed E-state index contributed by atoms with van der Waals surface area (Å²) in [5, 5.41) is 5.43. The molecule has 2 N–H and O–H groups in total. The maximum atomic E-state index is 11.9. The molecule has 88 valence electrons. The molecule has 0 bridgehead atoms. The molecule has 1 aromatic rings. The van der Waals surface area contributed by atoms with E-state index in [2.05, 4.69) is 10.6 Å². The number of anilines is 1. The van der Waals surface area contributed by atoms with E-state index in [1.807, 2.05) is 0 Å². The fourth-order valence-corrected chi connectivity index (χ4v) is 1.19. The molecule has 0 heterocycles. The number of nitrogens with one attached hydrogen (secondary N) is 2. The molecule has 0 aromatic heterocycles. The van der Waals surface area contributed by atoms with Crippen LogP contribution in [0.15, 0.2) is 24.3 Å². The molecular weight excluding hydrogens is 211 g/mol. The number of carbonyl (C=O) groups excluding carboxylic acids is 1. The van der Waals surface area contributed by atoms with Crippen LogP contribution in [-0.2, 0) is 4.79 Å². The summed E-state index contributed by atoms with van der Waals surface area (Å²) < 4.78 is 17.0. The molecule has 0 saturated carbocycles. The van der Waals surface area contributed by atoms with E-state index in [1.165, 1.54) is 0 Å². The normalized spacial score (nSPS) is 9.88. The molecular formula is C11H15FN2O2. The van der Waals surface area contributed by atoms with Crippen LogP contribution < -0.4 is 15.4 Å². The number of benzene rings is 1. The number of rotatable bonds is 6. The van der Waals surface area contributed by atoms with Gasteiger partial charge in [0.25, 0.3) is 0 Å². The van der Waals surface area contributed by atoms with Crippen LogP contribution in [0.1, 0.15) is 0 Å². The minimum absolute atomic E-state index is 0.0217. The Morgan fingerprint density at radius 3 is 3.00 bits per heavy atom. The molecule has 0 saturated heterocycles. The van der Waals surface area contributed by atoms with Gasteiger partial charge in [-0.1, -0.05) is 6.07 Å². The van der Waals surface area contributed by atoms with Gasteiger partial charge in [-0.2, -0.15) is 0 Å². The summed E-state index contributed by atoms with van der Waals surface area (Å²) in [5.41, 5.74) is 0.636. The van der Waals surface area contributed by atoms with Crippen LogP contribution >= 0.6 is 0 Å². The molecule has 0 atom stereocenters. The van der Waals surface area contributed by atoms with E-state index in [-0.39, 0.29) is 19.1 Å². The number of halogens is 1. The molecule has 0 unspecified atom stereocenters. The third-order valence-corrected chi connectivity index (χ3v) is 1.80. The van der Waals surface area contributed by atoms with E-state index in [4.69, 9.17) is 4.74 Å². The van der Waals surface area contributed by atoms with E-state index >= 15 is 0 Å². The van der Waals surface area contributed by atoms with Crippen LogP contribution in [0.2, 0.25) is 0 Å². The Kier molecular flexibility index (Phi) is 5.28.